The van der Waals surface area contributed by atoms with Crippen molar-refractivity contribution >= 4 is 23.2 Å². The number of fused-ring (bicyclic) bond motifs is 1. The van der Waals surface area contributed by atoms with Crippen LogP contribution in [0.5, 0.6) is 5.75 Å². The molecule has 3 aromatic rings. The summed E-state index contributed by atoms with van der Waals surface area (Å²) < 4.78 is 7.30. The summed E-state index contributed by atoms with van der Waals surface area (Å²) in [5.41, 5.74) is 2.78. The van der Waals surface area contributed by atoms with Crippen molar-refractivity contribution in [1.82, 2.24) is 19.5 Å². The fourth-order valence-corrected chi connectivity index (χ4v) is 3.72. The summed E-state index contributed by atoms with van der Waals surface area (Å²) in [6.07, 6.45) is 3.54. The first kappa shape index (κ1) is 19.2. The van der Waals surface area contributed by atoms with Crippen molar-refractivity contribution < 1.29 is 9.53 Å². The lowest BCUT2D eigenvalue weighted by atomic mass is 10.1. The third kappa shape index (κ3) is 4.42. The van der Waals surface area contributed by atoms with Crippen LogP contribution in [0.25, 0.3) is 16.8 Å². The fraction of sp³-hybridized carbons (Fsp3) is 0.350. The molecule has 6 nitrogen and oxygen atoms in total. The maximum Gasteiger partial charge on any atom is 0.232 e. The van der Waals surface area contributed by atoms with E-state index in [0.717, 1.165) is 40.6 Å². The monoisotopic (exact) mass is 384 g/mol. The fourth-order valence-electron chi connectivity index (χ4n) is 2.84. The van der Waals surface area contributed by atoms with Gasteiger partial charge in [-0.3, -0.25) is 4.79 Å². The minimum Gasteiger partial charge on any atom is -0.494 e. The highest BCUT2D eigenvalue weighted by molar-refractivity contribution is 8.00. The van der Waals surface area contributed by atoms with E-state index in [4.69, 9.17) is 4.74 Å². The molecule has 3 rings (SSSR count). The zero-order valence-corrected chi connectivity index (χ0v) is 16.7. The van der Waals surface area contributed by atoms with E-state index < -0.39 is 0 Å². The molecular formula is C20H24N4O2S. The Kier molecular flexibility index (Phi) is 6.34. The van der Waals surface area contributed by atoms with Crippen LogP contribution in [0.15, 0.2) is 47.8 Å². The molecule has 0 bridgehead atoms. The van der Waals surface area contributed by atoms with Gasteiger partial charge < -0.3 is 9.64 Å². The van der Waals surface area contributed by atoms with Gasteiger partial charge in [-0.05, 0) is 51.1 Å². The van der Waals surface area contributed by atoms with Gasteiger partial charge in [-0.15, -0.1) is 0 Å². The number of nitrogens with zero attached hydrogens (tertiary/aromatic N) is 4. The molecule has 0 fully saturated rings. The van der Waals surface area contributed by atoms with Gasteiger partial charge in [-0.25, -0.2) is 9.50 Å². The highest BCUT2D eigenvalue weighted by atomic mass is 32.2. The Bertz CT molecular complexity index is 904. The van der Waals surface area contributed by atoms with Crippen molar-refractivity contribution in [3.63, 3.8) is 0 Å². The van der Waals surface area contributed by atoms with Gasteiger partial charge in [0.15, 0.2) is 0 Å². The van der Waals surface area contributed by atoms with E-state index in [-0.39, 0.29) is 5.91 Å². The molecule has 7 heteroatoms. The molecule has 2 aromatic heterocycles. The summed E-state index contributed by atoms with van der Waals surface area (Å²) in [5.74, 6) is 1.34. The number of carbonyl (C=O) groups is 1. The van der Waals surface area contributed by atoms with Gasteiger partial charge in [0, 0.05) is 31.0 Å². The number of thioether (sulfide) groups is 1. The molecule has 27 heavy (non-hydrogen) atoms. The van der Waals surface area contributed by atoms with Crippen molar-refractivity contribution in [1.29, 1.82) is 0 Å². The normalized spacial score (nSPS) is 10.9. The number of rotatable bonds is 8. The molecule has 1 aromatic carbocycles. The van der Waals surface area contributed by atoms with Crippen molar-refractivity contribution in [2.24, 2.45) is 0 Å². The standard InChI is InChI=1S/C20H24N4O2S/c1-4-23(5-2)19(25)14-27-20-18-13-17(22-24(18)12-11-21-20)15-7-9-16(10-8-15)26-6-3/h7-13H,4-6,14H2,1-3H3. The third-order valence-electron chi connectivity index (χ3n) is 4.26. The van der Waals surface area contributed by atoms with Gasteiger partial charge in [0.05, 0.1) is 23.6 Å². The van der Waals surface area contributed by atoms with Crippen LogP contribution < -0.4 is 4.74 Å². The molecule has 0 spiro atoms. The lowest BCUT2D eigenvalue weighted by Crippen LogP contribution is -2.31. The van der Waals surface area contributed by atoms with Crippen molar-refractivity contribution in [3.8, 4) is 17.0 Å². The quantitative estimate of drug-likeness (QED) is 0.554. The maximum atomic E-state index is 12.3. The Morgan fingerprint density at radius 3 is 2.59 bits per heavy atom. The zero-order chi connectivity index (χ0) is 19.2. The molecule has 2 heterocycles. The van der Waals surface area contributed by atoms with Crippen molar-refractivity contribution in [3.05, 3.63) is 42.7 Å². The van der Waals surface area contributed by atoms with E-state index in [1.807, 2.05) is 66.7 Å². The van der Waals surface area contributed by atoms with Crippen LogP contribution in [-0.2, 0) is 4.79 Å². The van der Waals surface area contributed by atoms with Gasteiger partial charge in [0.25, 0.3) is 0 Å². The van der Waals surface area contributed by atoms with Crippen LogP contribution in [0.3, 0.4) is 0 Å². The molecule has 0 atom stereocenters. The SMILES string of the molecule is CCOc1ccc(-c2cc3c(SCC(=O)N(CC)CC)nccn3n2)cc1. The van der Waals surface area contributed by atoms with Gasteiger partial charge in [-0.1, -0.05) is 11.8 Å². The molecule has 0 saturated carbocycles. The highest BCUT2D eigenvalue weighted by Gasteiger charge is 2.14. The molecule has 0 saturated heterocycles. The van der Waals surface area contributed by atoms with Crippen LogP contribution >= 0.6 is 11.8 Å². The molecule has 142 valence electrons. The third-order valence-corrected chi connectivity index (χ3v) is 5.24. The highest BCUT2D eigenvalue weighted by Crippen LogP contribution is 2.27. The van der Waals surface area contributed by atoms with Crippen LogP contribution in [0.4, 0.5) is 0 Å². The number of benzene rings is 1. The molecule has 0 aliphatic rings. The predicted molar refractivity (Wildman–Crippen MR) is 108 cm³/mol. The van der Waals surface area contributed by atoms with Crippen LogP contribution in [0, 0.1) is 0 Å². The average Bonchev–Trinajstić information content (AvgIpc) is 3.13. The van der Waals surface area contributed by atoms with Crippen LogP contribution in [-0.4, -0.2) is 50.9 Å². The number of amides is 1. The van der Waals surface area contributed by atoms with E-state index in [1.165, 1.54) is 11.8 Å². The second-order valence-corrected chi connectivity index (χ2v) is 6.87. The number of carbonyl (C=O) groups excluding carboxylic acids is 1. The summed E-state index contributed by atoms with van der Waals surface area (Å²) >= 11 is 1.45. The molecule has 0 unspecified atom stereocenters. The Morgan fingerprint density at radius 1 is 1.19 bits per heavy atom. The van der Waals surface area contributed by atoms with Crippen LogP contribution in [0.1, 0.15) is 20.8 Å². The number of hydrogen-bond acceptors (Lipinski definition) is 5. The lowest BCUT2D eigenvalue weighted by Gasteiger charge is -2.18. The second-order valence-electron chi connectivity index (χ2n) is 5.90. The average molecular weight is 385 g/mol. The summed E-state index contributed by atoms with van der Waals surface area (Å²) in [5, 5.41) is 5.45. The number of ether oxygens (including phenoxy) is 1. The minimum atomic E-state index is 0.125. The Labute approximate surface area is 163 Å². The Morgan fingerprint density at radius 2 is 1.93 bits per heavy atom. The molecule has 0 N–H and O–H groups in total. The maximum absolute atomic E-state index is 12.3. The Hall–Kier alpha value is -2.54. The first-order valence-electron chi connectivity index (χ1n) is 9.14. The summed E-state index contributed by atoms with van der Waals surface area (Å²) in [6, 6.07) is 9.89. The lowest BCUT2D eigenvalue weighted by molar-refractivity contribution is -0.127. The number of aromatic nitrogens is 3. The van der Waals surface area contributed by atoms with E-state index in [9.17, 15) is 4.79 Å². The summed E-state index contributed by atoms with van der Waals surface area (Å²) in [6.45, 7) is 8.04. The zero-order valence-electron chi connectivity index (χ0n) is 15.9. The smallest absolute Gasteiger partial charge is 0.232 e. The summed E-state index contributed by atoms with van der Waals surface area (Å²) in [4.78, 5) is 18.5. The van der Waals surface area contributed by atoms with Crippen molar-refractivity contribution in [2.45, 2.75) is 25.8 Å². The summed E-state index contributed by atoms with van der Waals surface area (Å²) in [7, 11) is 0. The minimum absolute atomic E-state index is 0.125. The van der Waals surface area contributed by atoms with Gasteiger partial charge >= 0.3 is 0 Å². The molecular weight excluding hydrogens is 360 g/mol. The van der Waals surface area contributed by atoms with E-state index >= 15 is 0 Å². The van der Waals surface area contributed by atoms with E-state index in [1.54, 1.807) is 6.20 Å². The molecule has 1 amide bonds. The van der Waals surface area contributed by atoms with Gasteiger partial charge in [-0.2, -0.15) is 5.10 Å². The first-order chi connectivity index (χ1) is 13.2. The van der Waals surface area contributed by atoms with E-state index in [2.05, 4.69) is 10.1 Å². The van der Waals surface area contributed by atoms with E-state index in [0.29, 0.717) is 12.4 Å². The Balaban J connectivity index is 1.81. The molecule has 0 aliphatic carbocycles. The first-order valence-corrected chi connectivity index (χ1v) is 10.1. The largest absolute Gasteiger partial charge is 0.494 e. The molecule has 0 radical (unpaired) electrons. The second kappa shape index (κ2) is 8.90. The topological polar surface area (TPSA) is 59.7 Å². The van der Waals surface area contributed by atoms with Gasteiger partial charge in [0.1, 0.15) is 10.8 Å². The molecule has 0 aliphatic heterocycles. The van der Waals surface area contributed by atoms with Crippen molar-refractivity contribution in [2.75, 3.05) is 25.4 Å². The van der Waals surface area contributed by atoms with Crippen LogP contribution in [0.2, 0.25) is 0 Å². The predicted octanol–water partition coefficient (Wildman–Crippen LogP) is 3.76. The van der Waals surface area contributed by atoms with Gasteiger partial charge in [0.2, 0.25) is 5.91 Å². The number of hydrogen-bond donors (Lipinski definition) is 0.